The number of carbonyl (C=O) groups excluding carboxylic acids is 1. The first-order valence-electron chi connectivity index (χ1n) is 8.87. The van der Waals surface area contributed by atoms with Crippen molar-refractivity contribution in [2.75, 3.05) is 6.61 Å². The second-order valence-electron chi connectivity index (χ2n) is 6.29. The van der Waals surface area contributed by atoms with E-state index < -0.39 is 38.9 Å². The SMILES string of the molecule is CCOC(=O)c1c(OS(=O)(=O)C(F)(F)F)nc2ccccc2c1Cc1ccc(F)cc1. The van der Waals surface area contributed by atoms with Crippen LogP contribution in [0.3, 0.4) is 0 Å². The van der Waals surface area contributed by atoms with Gasteiger partial charge in [0.1, 0.15) is 11.4 Å². The summed E-state index contributed by atoms with van der Waals surface area (Å²) in [6, 6.07) is 11.3. The molecule has 0 bridgehead atoms. The second-order valence-corrected chi connectivity index (χ2v) is 7.83. The number of ether oxygens (including phenoxy) is 1. The molecule has 0 radical (unpaired) electrons. The summed E-state index contributed by atoms with van der Waals surface area (Å²) >= 11 is 0. The number of esters is 1. The van der Waals surface area contributed by atoms with Crippen molar-refractivity contribution in [3.8, 4) is 5.88 Å². The van der Waals surface area contributed by atoms with Gasteiger partial charge in [0, 0.05) is 5.39 Å². The Morgan fingerprint density at radius 2 is 1.71 bits per heavy atom. The molecule has 0 saturated heterocycles. The first-order valence-corrected chi connectivity index (χ1v) is 10.3. The number of nitrogens with zero attached hydrogens (tertiary/aromatic N) is 1. The Kier molecular flexibility index (Phi) is 6.16. The van der Waals surface area contributed by atoms with E-state index in [0.29, 0.717) is 10.9 Å². The average molecular weight is 457 g/mol. The quantitative estimate of drug-likeness (QED) is 0.237. The molecule has 11 heteroatoms. The fraction of sp³-hybridized carbons (Fsp3) is 0.200. The summed E-state index contributed by atoms with van der Waals surface area (Å²) in [7, 11) is -6.11. The molecule has 164 valence electrons. The number of fused-ring (bicyclic) bond motifs is 1. The average Bonchev–Trinajstić information content (AvgIpc) is 2.68. The van der Waals surface area contributed by atoms with Gasteiger partial charge in [-0.15, -0.1) is 0 Å². The fourth-order valence-corrected chi connectivity index (χ4v) is 3.29. The van der Waals surface area contributed by atoms with Crippen molar-refractivity contribution in [3.63, 3.8) is 0 Å². The van der Waals surface area contributed by atoms with Crippen molar-refractivity contribution in [2.24, 2.45) is 0 Å². The predicted molar refractivity (Wildman–Crippen MR) is 103 cm³/mol. The highest BCUT2D eigenvalue weighted by atomic mass is 32.2. The van der Waals surface area contributed by atoms with Crippen molar-refractivity contribution < 1.29 is 39.7 Å². The lowest BCUT2D eigenvalue weighted by Gasteiger charge is -2.17. The number of benzene rings is 2. The highest BCUT2D eigenvalue weighted by molar-refractivity contribution is 7.88. The number of carbonyl (C=O) groups is 1. The van der Waals surface area contributed by atoms with E-state index in [1.807, 2.05) is 0 Å². The lowest BCUT2D eigenvalue weighted by atomic mass is 9.96. The molecule has 2 aromatic carbocycles. The largest absolute Gasteiger partial charge is 0.534 e. The Morgan fingerprint density at radius 1 is 1.06 bits per heavy atom. The van der Waals surface area contributed by atoms with Gasteiger partial charge in [0.15, 0.2) is 0 Å². The molecule has 0 fully saturated rings. The van der Waals surface area contributed by atoms with Crippen LogP contribution in [0, 0.1) is 5.82 Å². The molecule has 0 aliphatic carbocycles. The van der Waals surface area contributed by atoms with Crippen LogP contribution in [0.2, 0.25) is 0 Å². The molecular formula is C20H15F4NO5S. The first-order chi connectivity index (χ1) is 14.5. The van der Waals surface area contributed by atoms with E-state index in [0.717, 1.165) is 0 Å². The molecule has 3 rings (SSSR count). The van der Waals surface area contributed by atoms with Gasteiger partial charge in [-0.05, 0) is 42.7 Å². The second kappa shape index (κ2) is 8.50. The molecule has 0 unspecified atom stereocenters. The summed E-state index contributed by atoms with van der Waals surface area (Å²) in [6.07, 6.45) is -0.0557. The van der Waals surface area contributed by atoms with Crippen molar-refractivity contribution in [1.82, 2.24) is 4.98 Å². The topological polar surface area (TPSA) is 82.6 Å². The number of rotatable bonds is 6. The van der Waals surface area contributed by atoms with E-state index in [4.69, 9.17) is 4.74 Å². The maximum absolute atomic E-state index is 13.3. The van der Waals surface area contributed by atoms with Gasteiger partial charge in [0.2, 0.25) is 5.88 Å². The number of hydrogen-bond donors (Lipinski definition) is 0. The summed E-state index contributed by atoms with van der Waals surface area (Å²) in [4.78, 5) is 16.5. The molecule has 3 aromatic rings. The molecule has 0 spiro atoms. The van der Waals surface area contributed by atoms with E-state index in [1.54, 1.807) is 12.1 Å². The standard InChI is InChI=1S/C20H15F4NO5S/c1-2-29-19(26)17-15(11-12-7-9-13(21)10-8-12)14-5-3-4-6-16(14)25-18(17)30-31(27,28)20(22,23)24/h3-10H,2,11H2,1H3. The van der Waals surface area contributed by atoms with Crippen LogP contribution in [0.4, 0.5) is 17.6 Å². The highest BCUT2D eigenvalue weighted by Crippen LogP contribution is 2.34. The molecule has 0 saturated carbocycles. The van der Waals surface area contributed by atoms with Crippen LogP contribution in [0.25, 0.3) is 10.9 Å². The molecule has 1 aromatic heterocycles. The minimum Gasteiger partial charge on any atom is -0.462 e. The number of para-hydroxylation sites is 1. The summed E-state index contributed by atoms with van der Waals surface area (Å²) < 4.78 is 84.4. The summed E-state index contributed by atoms with van der Waals surface area (Å²) in [5.41, 5.74) is -5.56. The van der Waals surface area contributed by atoms with E-state index in [-0.39, 0.29) is 24.1 Å². The molecule has 1 heterocycles. The lowest BCUT2D eigenvalue weighted by molar-refractivity contribution is -0.0501. The zero-order chi connectivity index (χ0) is 22.8. The van der Waals surface area contributed by atoms with Crippen LogP contribution in [-0.4, -0.2) is 31.5 Å². The smallest absolute Gasteiger partial charge is 0.462 e. The van der Waals surface area contributed by atoms with Crippen LogP contribution < -0.4 is 4.18 Å². The highest BCUT2D eigenvalue weighted by Gasteiger charge is 2.49. The molecule has 0 N–H and O–H groups in total. The van der Waals surface area contributed by atoms with Gasteiger partial charge in [-0.2, -0.15) is 21.6 Å². The minimum absolute atomic E-state index is 0.0557. The van der Waals surface area contributed by atoms with E-state index in [1.165, 1.54) is 43.3 Å². The van der Waals surface area contributed by atoms with Gasteiger partial charge in [0.25, 0.3) is 0 Å². The maximum atomic E-state index is 13.3. The lowest BCUT2D eigenvalue weighted by Crippen LogP contribution is -2.29. The van der Waals surface area contributed by atoms with Crippen LogP contribution in [0.1, 0.15) is 28.4 Å². The van der Waals surface area contributed by atoms with Gasteiger partial charge in [-0.25, -0.2) is 14.2 Å². The van der Waals surface area contributed by atoms with Crippen LogP contribution in [0.15, 0.2) is 48.5 Å². The molecule has 0 atom stereocenters. The predicted octanol–water partition coefficient (Wildman–Crippen LogP) is 4.37. The van der Waals surface area contributed by atoms with Crippen LogP contribution in [0.5, 0.6) is 5.88 Å². The third-order valence-corrected chi connectivity index (χ3v) is 5.16. The summed E-state index contributed by atoms with van der Waals surface area (Å²) in [5, 5.41) is 0.367. The van der Waals surface area contributed by atoms with Gasteiger partial charge in [0.05, 0.1) is 12.1 Å². The van der Waals surface area contributed by atoms with E-state index in [9.17, 15) is 30.8 Å². The number of halogens is 4. The van der Waals surface area contributed by atoms with Crippen LogP contribution >= 0.6 is 0 Å². The normalized spacial score (nSPS) is 12.0. The first kappa shape index (κ1) is 22.5. The zero-order valence-corrected chi connectivity index (χ0v) is 16.8. The summed E-state index contributed by atoms with van der Waals surface area (Å²) in [6.45, 7) is 1.34. The Bertz CT molecular complexity index is 1220. The molecule has 6 nitrogen and oxygen atoms in total. The fourth-order valence-electron chi connectivity index (χ4n) is 2.87. The molecule has 31 heavy (non-hydrogen) atoms. The minimum atomic E-state index is -6.11. The van der Waals surface area contributed by atoms with Gasteiger partial charge in [-0.1, -0.05) is 30.3 Å². The summed E-state index contributed by atoms with van der Waals surface area (Å²) in [5.74, 6) is -2.66. The molecule has 0 amide bonds. The molecule has 0 aliphatic heterocycles. The number of aromatic nitrogens is 1. The van der Waals surface area contributed by atoms with Crippen molar-refractivity contribution in [2.45, 2.75) is 18.9 Å². The number of pyridine rings is 1. The Balaban J connectivity index is 2.28. The van der Waals surface area contributed by atoms with E-state index in [2.05, 4.69) is 9.17 Å². The number of alkyl halides is 3. The number of hydrogen-bond acceptors (Lipinski definition) is 6. The van der Waals surface area contributed by atoms with Gasteiger partial charge in [-0.3, -0.25) is 0 Å². The van der Waals surface area contributed by atoms with Gasteiger partial charge < -0.3 is 8.92 Å². The van der Waals surface area contributed by atoms with Crippen molar-refractivity contribution in [3.05, 3.63) is 71.0 Å². The third-order valence-electron chi connectivity index (χ3n) is 4.21. The maximum Gasteiger partial charge on any atom is 0.534 e. The van der Waals surface area contributed by atoms with Crippen LogP contribution in [-0.2, 0) is 21.3 Å². The Hall–Kier alpha value is -3.21. The molecule has 0 aliphatic rings. The monoisotopic (exact) mass is 457 g/mol. The van der Waals surface area contributed by atoms with Crippen molar-refractivity contribution >= 4 is 27.0 Å². The third kappa shape index (κ3) is 4.76. The van der Waals surface area contributed by atoms with Crippen molar-refractivity contribution in [1.29, 1.82) is 0 Å². The van der Waals surface area contributed by atoms with E-state index >= 15 is 0 Å². The zero-order valence-electron chi connectivity index (χ0n) is 15.9. The Morgan fingerprint density at radius 3 is 2.32 bits per heavy atom. The molecular weight excluding hydrogens is 442 g/mol. The Labute approximate surface area is 174 Å². The van der Waals surface area contributed by atoms with Gasteiger partial charge >= 0.3 is 21.6 Å².